The summed E-state index contributed by atoms with van der Waals surface area (Å²) in [6.07, 6.45) is 4.58. The summed E-state index contributed by atoms with van der Waals surface area (Å²) in [5.74, 6) is 0. The summed E-state index contributed by atoms with van der Waals surface area (Å²) in [6, 6.07) is 0. The lowest BCUT2D eigenvalue weighted by Crippen LogP contribution is -1.99. The van der Waals surface area contributed by atoms with Gasteiger partial charge in [0.1, 0.15) is 0 Å². The first-order valence-corrected chi connectivity index (χ1v) is 3.17. The summed E-state index contributed by atoms with van der Waals surface area (Å²) in [5, 5.41) is 0. The minimum Gasteiger partial charge on any atom is -0.327 e. The fourth-order valence-electron chi connectivity index (χ4n) is 0.474. The Kier molecular flexibility index (Phi) is 4.67. The zero-order chi connectivity index (χ0) is 6.41. The molecule has 0 rings (SSSR count). The van der Waals surface area contributed by atoms with Crippen LogP contribution in [0.4, 0.5) is 0 Å². The van der Waals surface area contributed by atoms with Crippen molar-refractivity contribution in [3.05, 3.63) is 11.6 Å². The predicted molar refractivity (Wildman–Crippen MR) is 37.7 cm³/mol. The Balaban J connectivity index is 3.26. The molecule has 1 nitrogen and oxygen atoms in total. The van der Waals surface area contributed by atoms with E-state index in [4.69, 9.17) is 5.73 Å². The monoisotopic (exact) mass is 113 g/mol. The zero-order valence-electron chi connectivity index (χ0n) is 5.78. The van der Waals surface area contributed by atoms with Crippen LogP contribution in [0, 0.1) is 0 Å². The number of unbranched alkanes of at least 4 members (excludes halogenated alkanes) is 1. The molecule has 0 amide bonds. The molecule has 0 bridgehead atoms. The van der Waals surface area contributed by atoms with Gasteiger partial charge in [0.05, 0.1) is 0 Å². The molecule has 0 spiro atoms. The molecule has 0 aliphatic heterocycles. The molecule has 0 aromatic heterocycles. The van der Waals surface area contributed by atoms with Gasteiger partial charge in [-0.25, -0.2) is 0 Å². The third-order valence-electron chi connectivity index (χ3n) is 1.10. The van der Waals surface area contributed by atoms with Crippen LogP contribution in [0.15, 0.2) is 11.6 Å². The highest BCUT2D eigenvalue weighted by Gasteiger charge is 1.79. The number of nitrogens with two attached hydrogens (primary N) is 1. The smallest absolute Gasteiger partial charge is 0.0134 e. The SMILES string of the molecule is CCC/C=C(\C)CN. The maximum Gasteiger partial charge on any atom is 0.0134 e. The van der Waals surface area contributed by atoms with Crippen molar-refractivity contribution in [3.63, 3.8) is 0 Å². The summed E-state index contributed by atoms with van der Waals surface area (Å²) in [6.45, 7) is 4.94. The van der Waals surface area contributed by atoms with Gasteiger partial charge in [0, 0.05) is 6.54 Å². The molecular formula is C7H15N. The second-order valence-electron chi connectivity index (χ2n) is 2.04. The molecule has 0 saturated heterocycles. The average molecular weight is 113 g/mol. The van der Waals surface area contributed by atoms with Crippen LogP contribution in [0.2, 0.25) is 0 Å². The van der Waals surface area contributed by atoms with Gasteiger partial charge < -0.3 is 5.73 Å². The quantitative estimate of drug-likeness (QED) is 0.554. The number of allylic oxidation sites excluding steroid dienone is 1. The van der Waals surface area contributed by atoms with Crippen LogP contribution in [-0.4, -0.2) is 6.54 Å². The lowest BCUT2D eigenvalue weighted by molar-refractivity contribution is 0.939. The molecule has 0 aromatic carbocycles. The molecule has 0 unspecified atom stereocenters. The van der Waals surface area contributed by atoms with Crippen molar-refractivity contribution >= 4 is 0 Å². The van der Waals surface area contributed by atoms with E-state index < -0.39 is 0 Å². The molecular weight excluding hydrogens is 98.1 g/mol. The van der Waals surface area contributed by atoms with Crippen LogP contribution in [0.25, 0.3) is 0 Å². The van der Waals surface area contributed by atoms with E-state index >= 15 is 0 Å². The van der Waals surface area contributed by atoms with Gasteiger partial charge in [0.2, 0.25) is 0 Å². The largest absolute Gasteiger partial charge is 0.327 e. The highest BCUT2D eigenvalue weighted by molar-refractivity contribution is 4.98. The van der Waals surface area contributed by atoms with E-state index in [1.807, 2.05) is 0 Å². The molecule has 48 valence electrons. The molecule has 0 radical (unpaired) electrons. The van der Waals surface area contributed by atoms with Gasteiger partial charge in [-0.2, -0.15) is 0 Å². The van der Waals surface area contributed by atoms with Gasteiger partial charge in [-0.1, -0.05) is 25.0 Å². The fraction of sp³-hybridized carbons (Fsp3) is 0.714. The van der Waals surface area contributed by atoms with Crippen molar-refractivity contribution in [2.75, 3.05) is 6.54 Å². The summed E-state index contributed by atoms with van der Waals surface area (Å²) in [4.78, 5) is 0. The van der Waals surface area contributed by atoms with Crippen LogP contribution >= 0.6 is 0 Å². The Morgan fingerprint density at radius 2 is 2.25 bits per heavy atom. The van der Waals surface area contributed by atoms with Crippen LogP contribution in [0.1, 0.15) is 26.7 Å². The summed E-state index contributed by atoms with van der Waals surface area (Å²) in [7, 11) is 0. The molecule has 0 heterocycles. The molecule has 0 aromatic rings. The first-order valence-electron chi connectivity index (χ1n) is 3.17. The molecule has 1 heteroatoms. The van der Waals surface area contributed by atoms with Gasteiger partial charge in [0.25, 0.3) is 0 Å². The Morgan fingerprint density at radius 3 is 2.62 bits per heavy atom. The van der Waals surface area contributed by atoms with Crippen LogP contribution < -0.4 is 5.73 Å². The molecule has 0 aliphatic carbocycles. The zero-order valence-corrected chi connectivity index (χ0v) is 5.78. The predicted octanol–water partition coefficient (Wildman–Crippen LogP) is 1.69. The first kappa shape index (κ1) is 7.70. The Bertz CT molecular complexity index is 74.5. The Hall–Kier alpha value is -0.300. The molecule has 0 aliphatic rings. The first-order chi connectivity index (χ1) is 3.81. The van der Waals surface area contributed by atoms with Gasteiger partial charge >= 0.3 is 0 Å². The van der Waals surface area contributed by atoms with Crippen molar-refractivity contribution < 1.29 is 0 Å². The van der Waals surface area contributed by atoms with Crippen molar-refractivity contribution in [2.45, 2.75) is 26.7 Å². The summed E-state index contributed by atoms with van der Waals surface area (Å²) >= 11 is 0. The molecule has 0 fully saturated rings. The third kappa shape index (κ3) is 3.88. The summed E-state index contributed by atoms with van der Waals surface area (Å²) in [5.41, 5.74) is 6.64. The van der Waals surface area contributed by atoms with Crippen LogP contribution in [0.5, 0.6) is 0 Å². The Morgan fingerprint density at radius 1 is 1.62 bits per heavy atom. The highest BCUT2D eigenvalue weighted by Crippen LogP contribution is 1.94. The molecule has 8 heavy (non-hydrogen) atoms. The van der Waals surface area contributed by atoms with Crippen LogP contribution in [0.3, 0.4) is 0 Å². The maximum atomic E-state index is 5.34. The van der Waals surface area contributed by atoms with Crippen molar-refractivity contribution in [2.24, 2.45) is 5.73 Å². The van der Waals surface area contributed by atoms with E-state index in [0.717, 1.165) is 0 Å². The highest BCUT2D eigenvalue weighted by atomic mass is 14.5. The second-order valence-corrected chi connectivity index (χ2v) is 2.04. The van der Waals surface area contributed by atoms with Crippen LogP contribution in [-0.2, 0) is 0 Å². The van der Waals surface area contributed by atoms with E-state index in [9.17, 15) is 0 Å². The van der Waals surface area contributed by atoms with Crippen molar-refractivity contribution in [1.29, 1.82) is 0 Å². The van der Waals surface area contributed by atoms with Gasteiger partial charge in [-0.15, -0.1) is 0 Å². The van der Waals surface area contributed by atoms with E-state index in [2.05, 4.69) is 19.9 Å². The topological polar surface area (TPSA) is 26.0 Å². The van der Waals surface area contributed by atoms with E-state index in [1.54, 1.807) is 0 Å². The van der Waals surface area contributed by atoms with E-state index in [0.29, 0.717) is 6.54 Å². The number of hydrogen-bond donors (Lipinski definition) is 1. The lowest BCUT2D eigenvalue weighted by atomic mass is 10.2. The maximum absolute atomic E-state index is 5.34. The molecule has 2 N–H and O–H groups in total. The Labute approximate surface area is 51.6 Å². The van der Waals surface area contributed by atoms with Crippen molar-refractivity contribution in [1.82, 2.24) is 0 Å². The van der Waals surface area contributed by atoms with E-state index in [1.165, 1.54) is 18.4 Å². The lowest BCUT2D eigenvalue weighted by Gasteiger charge is -1.91. The minimum atomic E-state index is 0.708. The van der Waals surface area contributed by atoms with Gasteiger partial charge in [0.15, 0.2) is 0 Å². The summed E-state index contributed by atoms with van der Waals surface area (Å²) < 4.78 is 0. The minimum absolute atomic E-state index is 0.708. The van der Waals surface area contributed by atoms with Gasteiger partial charge in [-0.05, 0) is 13.3 Å². The fourth-order valence-corrected chi connectivity index (χ4v) is 0.474. The molecule has 0 atom stereocenters. The molecule has 0 saturated carbocycles. The second kappa shape index (κ2) is 4.85. The van der Waals surface area contributed by atoms with Crippen molar-refractivity contribution in [3.8, 4) is 0 Å². The van der Waals surface area contributed by atoms with E-state index in [-0.39, 0.29) is 0 Å². The average Bonchev–Trinajstić information content (AvgIpc) is 1.83. The number of hydrogen-bond acceptors (Lipinski definition) is 1. The van der Waals surface area contributed by atoms with Gasteiger partial charge in [-0.3, -0.25) is 0 Å². The normalized spacial score (nSPS) is 12.1. The standard InChI is InChI=1S/C7H15N/c1-3-4-5-7(2)6-8/h5H,3-4,6,8H2,1-2H3/b7-5+. The third-order valence-corrected chi connectivity index (χ3v) is 1.10. The number of rotatable bonds is 3.